The van der Waals surface area contributed by atoms with Crippen molar-refractivity contribution in [1.82, 2.24) is 10.2 Å². The number of nitrogens with zero attached hydrogens (tertiary/aromatic N) is 3. The molecule has 1 aliphatic rings. The van der Waals surface area contributed by atoms with E-state index < -0.39 is 11.7 Å². The van der Waals surface area contributed by atoms with Crippen LogP contribution in [0.4, 0.5) is 15.2 Å². The molecule has 0 saturated carbocycles. The minimum atomic E-state index is -0.602. The van der Waals surface area contributed by atoms with Crippen molar-refractivity contribution in [3.8, 4) is 0 Å². The number of aromatic nitrogens is 2. The van der Waals surface area contributed by atoms with Crippen molar-refractivity contribution in [3.05, 3.63) is 65.5 Å². The van der Waals surface area contributed by atoms with E-state index in [4.69, 9.17) is 0 Å². The summed E-state index contributed by atoms with van der Waals surface area (Å²) < 4.78 is 14.3. The molecule has 1 N–H and O–H groups in total. The Labute approximate surface area is 175 Å². The van der Waals surface area contributed by atoms with Crippen LogP contribution in [0.25, 0.3) is 0 Å². The van der Waals surface area contributed by atoms with Crippen LogP contribution in [0.1, 0.15) is 22.8 Å². The minimum absolute atomic E-state index is 0.000378. The van der Waals surface area contributed by atoms with Crippen LogP contribution in [0.15, 0.2) is 52.9 Å². The molecule has 0 radical (unpaired) electrons. The van der Waals surface area contributed by atoms with Crippen LogP contribution in [-0.2, 0) is 11.2 Å². The second-order valence-corrected chi connectivity index (χ2v) is 8.74. The minimum Gasteiger partial charge on any atom is -0.308 e. The van der Waals surface area contributed by atoms with Gasteiger partial charge in [0, 0.05) is 11.7 Å². The van der Waals surface area contributed by atoms with E-state index in [9.17, 15) is 14.0 Å². The van der Waals surface area contributed by atoms with Crippen LogP contribution in [-0.4, -0.2) is 33.8 Å². The van der Waals surface area contributed by atoms with E-state index in [1.165, 1.54) is 35.5 Å². The average molecular weight is 429 g/mol. The molecule has 4 rings (SSSR count). The molecule has 2 heterocycles. The smallest absolute Gasteiger partial charge is 0.260 e. The van der Waals surface area contributed by atoms with Gasteiger partial charge in [-0.05, 0) is 37.1 Å². The highest BCUT2D eigenvalue weighted by Gasteiger charge is 2.30. The normalized spacial score (nSPS) is 15.2. The molecule has 0 fully saturated rings. The maximum atomic E-state index is 13.7. The van der Waals surface area contributed by atoms with E-state index in [1.807, 2.05) is 36.1 Å². The Morgan fingerprint density at radius 3 is 2.79 bits per heavy atom. The van der Waals surface area contributed by atoms with Crippen molar-refractivity contribution in [2.75, 3.05) is 16.0 Å². The predicted octanol–water partition coefficient (Wildman–Crippen LogP) is 4.00. The largest absolute Gasteiger partial charge is 0.308 e. The molecule has 0 bridgehead atoms. The van der Waals surface area contributed by atoms with E-state index in [0.717, 1.165) is 23.4 Å². The third kappa shape index (κ3) is 4.15. The number of anilines is 2. The van der Waals surface area contributed by atoms with Crippen molar-refractivity contribution in [3.63, 3.8) is 0 Å². The zero-order chi connectivity index (χ0) is 20.4. The number of amides is 2. The van der Waals surface area contributed by atoms with E-state index in [-0.39, 0.29) is 28.4 Å². The highest BCUT2D eigenvalue weighted by atomic mass is 32.2. The monoisotopic (exact) mass is 428 g/mol. The first-order chi connectivity index (χ1) is 14.0. The van der Waals surface area contributed by atoms with Crippen LogP contribution in [0.3, 0.4) is 0 Å². The number of nitrogens with one attached hydrogen (secondary N) is 1. The fourth-order valence-electron chi connectivity index (χ4n) is 3.27. The number of rotatable bonds is 5. The fraction of sp³-hybridized carbons (Fsp3) is 0.200. The molecule has 1 atom stereocenters. The van der Waals surface area contributed by atoms with Gasteiger partial charge in [0.1, 0.15) is 5.82 Å². The number of para-hydroxylation sites is 1. The summed E-state index contributed by atoms with van der Waals surface area (Å²) in [5, 5.41) is 10.7. The fourth-order valence-corrected chi connectivity index (χ4v) is 4.87. The summed E-state index contributed by atoms with van der Waals surface area (Å²) in [6, 6.07) is 13.8. The molecule has 6 nitrogen and oxygen atoms in total. The van der Waals surface area contributed by atoms with Gasteiger partial charge < -0.3 is 4.90 Å². The molecule has 29 heavy (non-hydrogen) atoms. The van der Waals surface area contributed by atoms with Crippen LogP contribution >= 0.6 is 23.1 Å². The van der Waals surface area contributed by atoms with Gasteiger partial charge >= 0.3 is 0 Å². The van der Waals surface area contributed by atoms with Crippen LogP contribution in [0.2, 0.25) is 0 Å². The quantitative estimate of drug-likeness (QED) is 0.491. The highest BCUT2D eigenvalue weighted by Crippen LogP contribution is 2.33. The lowest BCUT2D eigenvalue weighted by Gasteiger charge is -2.22. The maximum Gasteiger partial charge on any atom is 0.260 e. The zero-order valence-electron chi connectivity index (χ0n) is 15.5. The van der Waals surface area contributed by atoms with Crippen LogP contribution in [0, 0.1) is 5.82 Å². The molecule has 0 saturated heterocycles. The molecule has 9 heteroatoms. The van der Waals surface area contributed by atoms with Crippen molar-refractivity contribution >= 4 is 45.7 Å². The molecule has 3 aromatic rings. The summed E-state index contributed by atoms with van der Waals surface area (Å²) >= 11 is 2.42. The van der Waals surface area contributed by atoms with E-state index >= 15 is 0 Å². The van der Waals surface area contributed by atoms with Gasteiger partial charge in [0.2, 0.25) is 11.0 Å². The lowest BCUT2D eigenvalue weighted by molar-refractivity contribution is -0.116. The van der Waals surface area contributed by atoms with Gasteiger partial charge in [-0.25, -0.2) is 4.39 Å². The first kappa shape index (κ1) is 19.5. The van der Waals surface area contributed by atoms with Gasteiger partial charge in [-0.3, -0.25) is 14.9 Å². The van der Waals surface area contributed by atoms with Crippen molar-refractivity contribution in [2.24, 2.45) is 0 Å². The van der Waals surface area contributed by atoms with Crippen LogP contribution < -0.4 is 10.2 Å². The molecule has 1 aliphatic heterocycles. The summed E-state index contributed by atoms with van der Waals surface area (Å²) in [4.78, 5) is 26.7. The molecule has 1 aromatic heterocycles. The lowest BCUT2D eigenvalue weighted by Crippen LogP contribution is -2.36. The summed E-state index contributed by atoms with van der Waals surface area (Å²) in [6.45, 7) is 2.03. The predicted molar refractivity (Wildman–Crippen MR) is 112 cm³/mol. The molecule has 0 spiro atoms. The standard InChI is InChI=1S/C20H17FN4O2S2/c1-12-10-13-6-2-5-9-16(13)25(12)17(26)11-28-20-24-23-19(29-20)22-18(27)14-7-3-4-8-15(14)21/h2-9,12H,10-11H2,1H3,(H,22,23,27)/t12-/m1/s1. The number of thioether (sulfide) groups is 1. The number of hydrogen-bond acceptors (Lipinski definition) is 6. The summed E-state index contributed by atoms with van der Waals surface area (Å²) in [6.07, 6.45) is 0.845. The van der Waals surface area contributed by atoms with E-state index in [2.05, 4.69) is 15.5 Å². The number of fused-ring (bicyclic) bond motifs is 1. The molecular weight excluding hydrogens is 411 g/mol. The van der Waals surface area contributed by atoms with Gasteiger partial charge in [-0.1, -0.05) is 53.4 Å². The number of halogens is 1. The summed E-state index contributed by atoms with van der Waals surface area (Å²) in [7, 11) is 0. The van der Waals surface area contributed by atoms with Crippen molar-refractivity contribution in [2.45, 2.75) is 23.7 Å². The van der Waals surface area contributed by atoms with Crippen molar-refractivity contribution in [1.29, 1.82) is 0 Å². The zero-order valence-corrected chi connectivity index (χ0v) is 17.1. The number of carbonyl (C=O) groups excluding carboxylic acids is 2. The Balaban J connectivity index is 1.37. The molecule has 0 unspecified atom stereocenters. The topological polar surface area (TPSA) is 75.2 Å². The summed E-state index contributed by atoms with van der Waals surface area (Å²) in [5.74, 6) is -0.974. The first-order valence-electron chi connectivity index (χ1n) is 8.95. The third-order valence-electron chi connectivity index (χ3n) is 4.54. The Kier molecular flexibility index (Phi) is 5.59. The first-order valence-corrected chi connectivity index (χ1v) is 10.8. The van der Waals surface area contributed by atoms with Crippen LogP contribution in [0.5, 0.6) is 0 Å². The second-order valence-electron chi connectivity index (χ2n) is 6.54. The van der Waals surface area contributed by atoms with Gasteiger partial charge in [-0.2, -0.15) is 0 Å². The van der Waals surface area contributed by atoms with Gasteiger partial charge in [0.25, 0.3) is 5.91 Å². The third-order valence-corrected chi connectivity index (χ3v) is 6.50. The Morgan fingerprint density at radius 2 is 1.97 bits per heavy atom. The molecular formula is C20H17FN4O2S2. The highest BCUT2D eigenvalue weighted by molar-refractivity contribution is 8.01. The molecule has 2 aromatic carbocycles. The number of benzene rings is 2. The Bertz CT molecular complexity index is 1070. The Morgan fingerprint density at radius 1 is 1.21 bits per heavy atom. The molecule has 148 valence electrons. The average Bonchev–Trinajstić information content (AvgIpc) is 3.29. The van der Waals surface area contributed by atoms with Crippen molar-refractivity contribution < 1.29 is 14.0 Å². The second kappa shape index (κ2) is 8.30. The SMILES string of the molecule is C[C@@H]1Cc2ccccc2N1C(=O)CSc1nnc(NC(=O)c2ccccc2F)s1. The van der Waals surface area contributed by atoms with Gasteiger partial charge in [-0.15, -0.1) is 10.2 Å². The van der Waals surface area contributed by atoms with Gasteiger partial charge in [0.15, 0.2) is 4.34 Å². The van der Waals surface area contributed by atoms with E-state index in [0.29, 0.717) is 4.34 Å². The Hall–Kier alpha value is -2.78. The van der Waals surface area contributed by atoms with Gasteiger partial charge in [0.05, 0.1) is 11.3 Å². The molecule has 0 aliphatic carbocycles. The maximum absolute atomic E-state index is 13.7. The number of carbonyl (C=O) groups is 2. The lowest BCUT2D eigenvalue weighted by atomic mass is 10.1. The molecule has 2 amide bonds. The number of hydrogen-bond donors (Lipinski definition) is 1. The summed E-state index contributed by atoms with van der Waals surface area (Å²) in [5.41, 5.74) is 2.07. The van der Waals surface area contributed by atoms with E-state index in [1.54, 1.807) is 6.07 Å².